The topological polar surface area (TPSA) is 20.3 Å². The van der Waals surface area contributed by atoms with Gasteiger partial charge in [0.25, 0.3) is 0 Å². The highest BCUT2D eigenvalue weighted by molar-refractivity contribution is 5.88. The normalized spacial score (nSPS) is 11.0. The molecule has 0 N–H and O–H groups in total. The number of hydrogen-bond donors (Lipinski definition) is 0. The summed E-state index contributed by atoms with van der Waals surface area (Å²) in [7, 11) is 0. The Labute approximate surface area is 125 Å². The summed E-state index contributed by atoms with van der Waals surface area (Å²) in [5.41, 5.74) is 3.78. The zero-order valence-electron chi connectivity index (χ0n) is 14.1. The molecule has 0 aliphatic carbocycles. The summed E-state index contributed by atoms with van der Waals surface area (Å²) in [4.78, 5) is 14.0. The number of carbonyl (C=O) groups is 1. The molecule has 114 valence electrons. The van der Waals surface area contributed by atoms with Crippen LogP contribution in [0.4, 0.5) is 0 Å². The molecule has 20 heavy (non-hydrogen) atoms. The van der Waals surface area contributed by atoms with Crippen LogP contribution >= 0.6 is 0 Å². The molecule has 0 bridgehead atoms. The van der Waals surface area contributed by atoms with Gasteiger partial charge in [-0.3, -0.25) is 4.79 Å². The van der Waals surface area contributed by atoms with Crippen LogP contribution in [0.1, 0.15) is 60.8 Å². The molecule has 2 nitrogen and oxygen atoms in total. The van der Waals surface area contributed by atoms with Gasteiger partial charge in [-0.15, -0.1) is 0 Å². The fraction of sp³-hybridized carbons (Fsp3) is 0.611. The van der Waals surface area contributed by atoms with Crippen LogP contribution in [0.15, 0.2) is 34.9 Å². The van der Waals surface area contributed by atoms with Gasteiger partial charge < -0.3 is 4.90 Å². The predicted octanol–water partition coefficient (Wildman–Crippen LogP) is 4.88. The molecule has 1 amide bonds. The van der Waals surface area contributed by atoms with Gasteiger partial charge in [-0.05, 0) is 53.9 Å². The quantitative estimate of drug-likeness (QED) is 0.457. The summed E-state index contributed by atoms with van der Waals surface area (Å²) in [6.45, 7) is 14.0. The maximum atomic E-state index is 12.1. The smallest absolute Gasteiger partial charge is 0.246 e. The average molecular weight is 277 g/mol. The summed E-state index contributed by atoms with van der Waals surface area (Å²) < 4.78 is 0. The van der Waals surface area contributed by atoms with Gasteiger partial charge in [0.2, 0.25) is 5.91 Å². The van der Waals surface area contributed by atoms with Gasteiger partial charge in [0.15, 0.2) is 0 Å². The molecule has 0 radical (unpaired) electrons. The lowest BCUT2D eigenvalue weighted by atomic mass is 10.1. The van der Waals surface area contributed by atoms with Crippen molar-refractivity contribution in [3.05, 3.63) is 34.9 Å². The van der Waals surface area contributed by atoms with Crippen molar-refractivity contribution in [1.82, 2.24) is 4.90 Å². The molecule has 0 aliphatic heterocycles. The summed E-state index contributed by atoms with van der Waals surface area (Å²) in [5, 5.41) is 0. The zero-order valence-corrected chi connectivity index (χ0v) is 14.1. The molecule has 0 heterocycles. The Bertz CT molecular complexity index is 380. The van der Waals surface area contributed by atoms with Crippen molar-refractivity contribution < 1.29 is 4.79 Å². The SMILES string of the molecule is CCCN(C/C=C(\C)CCC=C(C)C)C(=O)C=C(C)C. The van der Waals surface area contributed by atoms with E-state index in [2.05, 4.69) is 39.8 Å². The number of carbonyl (C=O) groups excluding carboxylic acids is 1. The third-order valence-electron chi connectivity index (χ3n) is 2.97. The largest absolute Gasteiger partial charge is 0.335 e. The van der Waals surface area contributed by atoms with Crippen LogP contribution in [0.5, 0.6) is 0 Å². The van der Waals surface area contributed by atoms with Gasteiger partial charge in [0.05, 0.1) is 0 Å². The van der Waals surface area contributed by atoms with Crippen LogP contribution in [0.3, 0.4) is 0 Å². The average Bonchev–Trinajstić information content (AvgIpc) is 2.32. The van der Waals surface area contributed by atoms with E-state index in [1.807, 2.05) is 18.7 Å². The second-order valence-electron chi connectivity index (χ2n) is 5.88. The molecule has 0 spiro atoms. The highest BCUT2D eigenvalue weighted by Gasteiger charge is 2.08. The van der Waals surface area contributed by atoms with E-state index in [4.69, 9.17) is 0 Å². The number of amides is 1. The van der Waals surface area contributed by atoms with Crippen molar-refractivity contribution in [2.75, 3.05) is 13.1 Å². The van der Waals surface area contributed by atoms with Crippen molar-refractivity contribution in [2.24, 2.45) is 0 Å². The van der Waals surface area contributed by atoms with Crippen molar-refractivity contribution in [3.63, 3.8) is 0 Å². The molecule has 0 aromatic rings. The first-order chi connectivity index (χ1) is 9.36. The molecule has 0 aromatic heterocycles. The van der Waals surface area contributed by atoms with Gasteiger partial charge in [-0.25, -0.2) is 0 Å². The lowest BCUT2D eigenvalue weighted by Gasteiger charge is -2.19. The number of rotatable bonds is 8. The van der Waals surface area contributed by atoms with Gasteiger partial charge in [0, 0.05) is 19.2 Å². The second kappa shape index (κ2) is 10.5. The fourth-order valence-corrected chi connectivity index (χ4v) is 1.86. The zero-order chi connectivity index (χ0) is 15.5. The Balaban J connectivity index is 4.48. The molecule has 0 aromatic carbocycles. The Morgan fingerprint density at radius 2 is 1.65 bits per heavy atom. The van der Waals surface area contributed by atoms with Gasteiger partial charge in [0.1, 0.15) is 0 Å². The molecule has 0 saturated heterocycles. The van der Waals surface area contributed by atoms with Crippen LogP contribution in [0.25, 0.3) is 0 Å². The maximum Gasteiger partial charge on any atom is 0.246 e. The number of allylic oxidation sites excluding steroid dienone is 4. The molecule has 0 rings (SSSR count). The van der Waals surface area contributed by atoms with Crippen molar-refractivity contribution >= 4 is 5.91 Å². The first-order valence-electron chi connectivity index (χ1n) is 7.59. The number of hydrogen-bond acceptors (Lipinski definition) is 1. The summed E-state index contributed by atoms with van der Waals surface area (Å²) in [6.07, 6.45) is 9.32. The highest BCUT2D eigenvalue weighted by Crippen LogP contribution is 2.07. The first kappa shape index (κ1) is 18.7. The van der Waals surface area contributed by atoms with E-state index in [9.17, 15) is 4.79 Å². The summed E-state index contributed by atoms with van der Waals surface area (Å²) >= 11 is 0. The van der Waals surface area contributed by atoms with Crippen molar-refractivity contribution in [1.29, 1.82) is 0 Å². The molecule has 2 heteroatoms. The summed E-state index contributed by atoms with van der Waals surface area (Å²) in [6, 6.07) is 0. The summed E-state index contributed by atoms with van der Waals surface area (Å²) in [5.74, 6) is 0.125. The fourth-order valence-electron chi connectivity index (χ4n) is 1.86. The molecular formula is C18H31NO. The third-order valence-corrected chi connectivity index (χ3v) is 2.97. The molecule has 0 aliphatic rings. The number of nitrogens with zero attached hydrogens (tertiary/aromatic N) is 1. The Morgan fingerprint density at radius 3 is 2.15 bits per heavy atom. The van der Waals surface area contributed by atoms with Crippen LogP contribution < -0.4 is 0 Å². The molecule has 0 atom stereocenters. The minimum atomic E-state index is 0.125. The predicted molar refractivity (Wildman–Crippen MR) is 88.7 cm³/mol. The lowest BCUT2D eigenvalue weighted by molar-refractivity contribution is -0.125. The van der Waals surface area contributed by atoms with Gasteiger partial charge in [-0.1, -0.05) is 35.8 Å². The Kier molecular flexibility index (Phi) is 9.79. The standard InChI is InChI=1S/C18H31NO/c1-7-12-19(18(20)14-16(4)5)13-11-17(6)10-8-9-15(2)3/h9,11,14H,7-8,10,12-13H2,1-6H3/b17-11+. The Hall–Kier alpha value is -1.31. The van der Waals surface area contributed by atoms with Crippen molar-refractivity contribution in [3.8, 4) is 0 Å². The van der Waals surface area contributed by atoms with Crippen LogP contribution in [0.2, 0.25) is 0 Å². The van der Waals surface area contributed by atoms with E-state index in [-0.39, 0.29) is 5.91 Å². The van der Waals surface area contributed by atoms with Crippen molar-refractivity contribution in [2.45, 2.75) is 60.8 Å². The lowest BCUT2D eigenvalue weighted by Crippen LogP contribution is -2.30. The van der Waals surface area contributed by atoms with E-state index in [1.54, 1.807) is 6.08 Å². The second-order valence-corrected chi connectivity index (χ2v) is 5.88. The Morgan fingerprint density at radius 1 is 1.00 bits per heavy atom. The monoisotopic (exact) mass is 277 g/mol. The van der Waals surface area contributed by atoms with E-state index in [0.29, 0.717) is 0 Å². The van der Waals surface area contributed by atoms with E-state index < -0.39 is 0 Å². The van der Waals surface area contributed by atoms with Gasteiger partial charge in [-0.2, -0.15) is 0 Å². The van der Waals surface area contributed by atoms with E-state index in [0.717, 1.165) is 37.9 Å². The van der Waals surface area contributed by atoms with E-state index in [1.165, 1.54) is 11.1 Å². The minimum absolute atomic E-state index is 0.125. The minimum Gasteiger partial charge on any atom is -0.335 e. The molecule has 0 unspecified atom stereocenters. The van der Waals surface area contributed by atoms with Crippen LogP contribution in [0, 0.1) is 0 Å². The highest BCUT2D eigenvalue weighted by atomic mass is 16.2. The molecular weight excluding hydrogens is 246 g/mol. The van der Waals surface area contributed by atoms with Gasteiger partial charge >= 0.3 is 0 Å². The maximum absolute atomic E-state index is 12.1. The third kappa shape index (κ3) is 9.60. The molecule has 0 saturated carbocycles. The van der Waals surface area contributed by atoms with Crippen LogP contribution in [-0.4, -0.2) is 23.9 Å². The first-order valence-corrected chi connectivity index (χ1v) is 7.59. The molecule has 0 fully saturated rings. The van der Waals surface area contributed by atoms with E-state index >= 15 is 0 Å². The van der Waals surface area contributed by atoms with Crippen LogP contribution in [-0.2, 0) is 4.79 Å².